The Balaban J connectivity index is 2.28. The summed E-state index contributed by atoms with van der Waals surface area (Å²) in [6, 6.07) is 7.11. The quantitative estimate of drug-likeness (QED) is 0.870. The van der Waals surface area contributed by atoms with Crippen LogP contribution < -0.4 is 5.32 Å². The summed E-state index contributed by atoms with van der Waals surface area (Å²) in [5.74, 6) is 1.60. The van der Waals surface area contributed by atoms with Crippen molar-refractivity contribution < 1.29 is 0 Å². The van der Waals surface area contributed by atoms with Gasteiger partial charge in [-0.2, -0.15) is 0 Å². The molecule has 1 N–H and O–H groups in total. The molecule has 1 atom stereocenters. The first-order valence-electron chi connectivity index (χ1n) is 7.83. The predicted octanol–water partition coefficient (Wildman–Crippen LogP) is 3.97. The maximum Gasteiger partial charge on any atom is 0.111 e. The number of nitrogens with one attached hydrogen (secondary N) is 1. The monoisotopic (exact) mass is 285 g/mol. The van der Waals surface area contributed by atoms with Gasteiger partial charge in [-0.15, -0.1) is 0 Å². The number of nitrogens with zero attached hydrogens (tertiary/aromatic N) is 2. The van der Waals surface area contributed by atoms with Crippen molar-refractivity contribution >= 4 is 0 Å². The fraction of sp³-hybridized carbons (Fsp3) is 0.500. The lowest BCUT2D eigenvalue weighted by atomic mass is 10.0. The number of aromatic nitrogens is 2. The molecule has 0 amide bonds. The average Bonchev–Trinajstić information content (AvgIpc) is 2.85. The minimum absolute atomic E-state index is 0.320. The van der Waals surface area contributed by atoms with E-state index in [0.717, 1.165) is 18.9 Å². The predicted molar refractivity (Wildman–Crippen MR) is 88.6 cm³/mol. The molecule has 0 aliphatic rings. The van der Waals surface area contributed by atoms with Crippen LogP contribution in [0.1, 0.15) is 55.2 Å². The lowest BCUT2D eigenvalue weighted by Crippen LogP contribution is -2.26. The number of aryl methyl sites for hydroxylation is 2. The van der Waals surface area contributed by atoms with E-state index >= 15 is 0 Å². The largest absolute Gasteiger partial charge is 0.333 e. The molecule has 0 aliphatic carbocycles. The zero-order valence-corrected chi connectivity index (χ0v) is 13.9. The van der Waals surface area contributed by atoms with Crippen LogP contribution in [0.15, 0.2) is 30.6 Å². The Labute approximate surface area is 128 Å². The zero-order valence-electron chi connectivity index (χ0n) is 13.9. The van der Waals surface area contributed by atoms with Crippen LogP contribution in [-0.2, 0) is 6.54 Å². The third-order valence-corrected chi connectivity index (χ3v) is 3.74. The van der Waals surface area contributed by atoms with Crippen molar-refractivity contribution in [1.82, 2.24) is 14.9 Å². The van der Waals surface area contributed by atoms with Crippen LogP contribution in [0.25, 0.3) is 0 Å². The molecule has 3 nitrogen and oxygen atoms in total. The van der Waals surface area contributed by atoms with Crippen LogP contribution in [0, 0.1) is 13.8 Å². The number of benzene rings is 1. The third kappa shape index (κ3) is 3.94. The van der Waals surface area contributed by atoms with Crippen molar-refractivity contribution in [3.05, 3.63) is 53.1 Å². The first kappa shape index (κ1) is 15.8. The fourth-order valence-electron chi connectivity index (χ4n) is 2.92. The lowest BCUT2D eigenvalue weighted by molar-refractivity contribution is 0.459. The molecule has 1 aromatic carbocycles. The molecule has 0 radical (unpaired) electrons. The Morgan fingerprint density at radius 2 is 1.81 bits per heavy atom. The van der Waals surface area contributed by atoms with E-state index in [0.29, 0.717) is 12.0 Å². The van der Waals surface area contributed by atoms with Gasteiger partial charge in [-0.1, -0.05) is 50.1 Å². The van der Waals surface area contributed by atoms with Gasteiger partial charge in [0, 0.05) is 24.9 Å². The summed E-state index contributed by atoms with van der Waals surface area (Å²) in [6.45, 7) is 12.8. The molecule has 0 saturated carbocycles. The van der Waals surface area contributed by atoms with Crippen molar-refractivity contribution in [3.8, 4) is 0 Å². The van der Waals surface area contributed by atoms with Gasteiger partial charge >= 0.3 is 0 Å². The molecular weight excluding hydrogens is 258 g/mol. The zero-order chi connectivity index (χ0) is 15.4. The molecule has 1 unspecified atom stereocenters. The maximum atomic E-state index is 4.49. The summed E-state index contributed by atoms with van der Waals surface area (Å²) in [5.41, 5.74) is 4.00. The second-order valence-corrected chi connectivity index (χ2v) is 6.12. The molecule has 0 bridgehead atoms. The van der Waals surface area contributed by atoms with Gasteiger partial charge in [0.1, 0.15) is 5.82 Å². The van der Waals surface area contributed by atoms with Gasteiger partial charge in [-0.25, -0.2) is 4.98 Å². The molecule has 2 rings (SSSR count). The summed E-state index contributed by atoms with van der Waals surface area (Å²) in [7, 11) is 0. The van der Waals surface area contributed by atoms with Gasteiger partial charge < -0.3 is 9.88 Å². The van der Waals surface area contributed by atoms with Crippen LogP contribution in [0.2, 0.25) is 0 Å². The molecule has 0 fully saturated rings. The summed E-state index contributed by atoms with van der Waals surface area (Å²) >= 11 is 0. The van der Waals surface area contributed by atoms with Crippen LogP contribution in [-0.4, -0.2) is 16.1 Å². The Hall–Kier alpha value is -1.61. The van der Waals surface area contributed by atoms with Crippen molar-refractivity contribution in [2.24, 2.45) is 0 Å². The van der Waals surface area contributed by atoms with E-state index in [9.17, 15) is 0 Å². The summed E-state index contributed by atoms with van der Waals surface area (Å²) < 4.78 is 2.27. The number of rotatable bonds is 6. The second kappa shape index (κ2) is 6.90. The minimum atomic E-state index is 0.320. The molecule has 114 valence electrons. The Morgan fingerprint density at radius 1 is 1.14 bits per heavy atom. The molecule has 2 aromatic rings. The molecule has 3 heteroatoms. The van der Waals surface area contributed by atoms with Gasteiger partial charge in [0.15, 0.2) is 0 Å². The van der Waals surface area contributed by atoms with Crippen molar-refractivity contribution in [1.29, 1.82) is 0 Å². The first-order chi connectivity index (χ1) is 10.0. The van der Waals surface area contributed by atoms with Gasteiger partial charge in [0.2, 0.25) is 0 Å². The van der Waals surface area contributed by atoms with Gasteiger partial charge in [0.25, 0.3) is 0 Å². The van der Waals surface area contributed by atoms with E-state index in [4.69, 9.17) is 0 Å². The van der Waals surface area contributed by atoms with Gasteiger partial charge in [-0.3, -0.25) is 0 Å². The molecular formula is C18H27N3. The van der Waals surface area contributed by atoms with Crippen molar-refractivity contribution in [3.63, 3.8) is 0 Å². The standard InChI is InChI=1S/C18H27N3/c1-6-19-17(16-10-14(4)9-15(5)11-16)12-21-8-7-20-18(21)13(2)3/h7-11,13,17,19H,6,12H2,1-5H3. The van der Waals surface area contributed by atoms with E-state index in [1.165, 1.54) is 16.7 Å². The molecule has 0 aliphatic heterocycles. The van der Waals surface area contributed by atoms with E-state index in [2.05, 4.69) is 73.9 Å². The van der Waals surface area contributed by atoms with E-state index in [1.807, 2.05) is 6.20 Å². The molecule has 21 heavy (non-hydrogen) atoms. The number of imidazole rings is 1. The normalized spacial score (nSPS) is 12.9. The van der Waals surface area contributed by atoms with E-state index < -0.39 is 0 Å². The highest BCUT2D eigenvalue weighted by atomic mass is 15.1. The van der Waals surface area contributed by atoms with E-state index in [1.54, 1.807) is 0 Å². The van der Waals surface area contributed by atoms with Crippen molar-refractivity contribution in [2.75, 3.05) is 6.54 Å². The topological polar surface area (TPSA) is 29.9 Å². The highest BCUT2D eigenvalue weighted by Crippen LogP contribution is 2.21. The smallest absolute Gasteiger partial charge is 0.111 e. The fourth-order valence-corrected chi connectivity index (χ4v) is 2.92. The highest BCUT2D eigenvalue weighted by Gasteiger charge is 2.15. The highest BCUT2D eigenvalue weighted by molar-refractivity contribution is 5.30. The first-order valence-corrected chi connectivity index (χ1v) is 7.83. The second-order valence-electron chi connectivity index (χ2n) is 6.12. The lowest BCUT2D eigenvalue weighted by Gasteiger charge is -2.22. The maximum absolute atomic E-state index is 4.49. The Morgan fingerprint density at radius 3 is 2.38 bits per heavy atom. The van der Waals surface area contributed by atoms with Gasteiger partial charge in [0.05, 0.1) is 6.04 Å². The van der Waals surface area contributed by atoms with Crippen LogP contribution in [0.5, 0.6) is 0 Å². The molecule has 1 aromatic heterocycles. The number of likely N-dealkylation sites (N-methyl/N-ethyl adjacent to an activating group) is 1. The van der Waals surface area contributed by atoms with Crippen molar-refractivity contribution in [2.45, 2.75) is 53.1 Å². The summed E-state index contributed by atoms with van der Waals surface area (Å²) in [5, 5.41) is 3.61. The third-order valence-electron chi connectivity index (χ3n) is 3.74. The SMILES string of the molecule is CCNC(Cn1ccnc1C(C)C)c1cc(C)cc(C)c1. The summed E-state index contributed by atoms with van der Waals surface area (Å²) in [6.07, 6.45) is 3.99. The minimum Gasteiger partial charge on any atom is -0.333 e. The Kier molecular flexibility index (Phi) is 5.18. The van der Waals surface area contributed by atoms with Crippen LogP contribution >= 0.6 is 0 Å². The molecule has 0 spiro atoms. The molecule has 0 saturated heterocycles. The number of hydrogen-bond donors (Lipinski definition) is 1. The van der Waals surface area contributed by atoms with E-state index in [-0.39, 0.29) is 0 Å². The van der Waals surface area contributed by atoms with Gasteiger partial charge in [-0.05, 0) is 26.0 Å². The Bertz CT molecular complexity index is 564. The number of hydrogen-bond acceptors (Lipinski definition) is 2. The average molecular weight is 285 g/mol. The van der Waals surface area contributed by atoms with Crippen LogP contribution in [0.3, 0.4) is 0 Å². The van der Waals surface area contributed by atoms with Crippen LogP contribution in [0.4, 0.5) is 0 Å². The summed E-state index contributed by atoms with van der Waals surface area (Å²) in [4.78, 5) is 4.49. The molecule has 1 heterocycles.